The summed E-state index contributed by atoms with van der Waals surface area (Å²) in [5.41, 5.74) is 7.79. The Bertz CT molecular complexity index is 518. The van der Waals surface area contributed by atoms with Gasteiger partial charge in [-0.1, -0.05) is 13.0 Å². The zero-order valence-corrected chi connectivity index (χ0v) is 11.6. The summed E-state index contributed by atoms with van der Waals surface area (Å²) in [5.74, 6) is 0.956. The molecule has 1 aromatic carbocycles. The third-order valence-electron chi connectivity index (χ3n) is 4.08. The standard InChI is InChI=1S/C15H20N2O3/c1-9-4-6-20-14(9)13(16)10-2-3-12-11(8-10)15(18)17-5-7-19-12/h2-3,8-9,13-14H,4-7,16H2,1H3,(H,17,18). The molecule has 2 aliphatic heterocycles. The fraction of sp³-hybridized carbons (Fsp3) is 0.533. The van der Waals surface area contributed by atoms with Gasteiger partial charge in [-0.2, -0.15) is 0 Å². The molecule has 2 aliphatic rings. The highest BCUT2D eigenvalue weighted by atomic mass is 16.5. The van der Waals surface area contributed by atoms with Crippen molar-refractivity contribution in [2.45, 2.75) is 25.5 Å². The second kappa shape index (κ2) is 5.42. The number of carbonyl (C=O) groups excluding carboxylic acids is 1. The molecule has 1 amide bonds. The summed E-state index contributed by atoms with van der Waals surface area (Å²) in [5, 5.41) is 2.81. The van der Waals surface area contributed by atoms with Crippen molar-refractivity contribution in [1.82, 2.24) is 5.32 Å². The van der Waals surface area contributed by atoms with Gasteiger partial charge in [0.2, 0.25) is 0 Å². The number of ether oxygens (including phenoxy) is 2. The molecule has 3 unspecified atom stereocenters. The van der Waals surface area contributed by atoms with Gasteiger partial charge in [-0.15, -0.1) is 0 Å². The van der Waals surface area contributed by atoms with E-state index in [0.29, 0.717) is 30.4 Å². The van der Waals surface area contributed by atoms with Crippen LogP contribution in [0.2, 0.25) is 0 Å². The van der Waals surface area contributed by atoms with Crippen LogP contribution in [-0.4, -0.2) is 31.8 Å². The Hall–Kier alpha value is -1.59. The van der Waals surface area contributed by atoms with Gasteiger partial charge in [0.05, 0.1) is 24.3 Å². The van der Waals surface area contributed by atoms with Crippen LogP contribution in [-0.2, 0) is 4.74 Å². The quantitative estimate of drug-likeness (QED) is 0.852. The third-order valence-corrected chi connectivity index (χ3v) is 4.08. The second-order valence-electron chi connectivity index (χ2n) is 5.49. The number of carbonyl (C=O) groups is 1. The molecule has 0 radical (unpaired) electrons. The summed E-state index contributed by atoms with van der Waals surface area (Å²) in [6.07, 6.45) is 1.05. The van der Waals surface area contributed by atoms with Crippen LogP contribution in [0.1, 0.15) is 35.3 Å². The average molecular weight is 276 g/mol. The minimum Gasteiger partial charge on any atom is -0.491 e. The van der Waals surface area contributed by atoms with Crippen LogP contribution in [0.3, 0.4) is 0 Å². The molecule has 3 atom stereocenters. The number of benzene rings is 1. The monoisotopic (exact) mass is 276 g/mol. The van der Waals surface area contributed by atoms with Crippen LogP contribution in [0.25, 0.3) is 0 Å². The molecule has 20 heavy (non-hydrogen) atoms. The van der Waals surface area contributed by atoms with E-state index in [-0.39, 0.29) is 18.1 Å². The average Bonchev–Trinajstić information content (AvgIpc) is 2.79. The summed E-state index contributed by atoms with van der Waals surface area (Å²) in [6, 6.07) is 5.37. The molecular weight excluding hydrogens is 256 g/mol. The fourth-order valence-electron chi connectivity index (χ4n) is 2.84. The third kappa shape index (κ3) is 2.39. The number of nitrogens with one attached hydrogen (secondary N) is 1. The number of nitrogens with two attached hydrogens (primary N) is 1. The largest absolute Gasteiger partial charge is 0.491 e. The van der Waals surface area contributed by atoms with E-state index in [1.165, 1.54) is 0 Å². The van der Waals surface area contributed by atoms with Gasteiger partial charge in [0.15, 0.2) is 0 Å². The van der Waals surface area contributed by atoms with Gasteiger partial charge in [0.1, 0.15) is 12.4 Å². The summed E-state index contributed by atoms with van der Waals surface area (Å²) in [7, 11) is 0. The van der Waals surface area contributed by atoms with Gasteiger partial charge in [0.25, 0.3) is 5.91 Å². The van der Waals surface area contributed by atoms with Crippen molar-refractivity contribution in [3.05, 3.63) is 29.3 Å². The molecule has 1 saturated heterocycles. The van der Waals surface area contributed by atoms with Gasteiger partial charge >= 0.3 is 0 Å². The van der Waals surface area contributed by atoms with E-state index in [9.17, 15) is 4.79 Å². The number of hydrogen-bond donors (Lipinski definition) is 2. The molecule has 0 aromatic heterocycles. The first kappa shape index (κ1) is 13.4. The van der Waals surface area contributed by atoms with Gasteiger partial charge in [0, 0.05) is 6.61 Å². The highest BCUT2D eigenvalue weighted by Gasteiger charge is 2.31. The molecule has 5 nitrogen and oxygen atoms in total. The molecule has 1 fully saturated rings. The molecule has 108 valence electrons. The first-order chi connectivity index (χ1) is 9.66. The molecule has 0 spiro atoms. The summed E-state index contributed by atoms with van der Waals surface area (Å²) in [4.78, 5) is 12.0. The minimum absolute atomic E-state index is 0.0165. The molecule has 5 heteroatoms. The van der Waals surface area contributed by atoms with E-state index in [1.54, 1.807) is 0 Å². The predicted octanol–water partition coefficient (Wildman–Crippen LogP) is 1.23. The molecule has 0 bridgehead atoms. The maximum atomic E-state index is 12.0. The van der Waals surface area contributed by atoms with Crippen LogP contribution >= 0.6 is 0 Å². The van der Waals surface area contributed by atoms with Crippen molar-refractivity contribution < 1.29 is 14.3 Å². The van der Waals surface area contributed by atoms with Gasteiger partial charge in [-0.05, 0) is 30.0 Å². The lowest BCUT2D eigenvalue weighted by Crippen LogP contribution is -2.30. The molecule has 3 rings (SSSR count). The summed E-state index contributed by atoms with van der Waals surface area (Å²) < 4.78 is 11.3. The predicted molar refractivity (Wildman–Crippen MR) is 74.7 cm³/mol. The molecule has 1 aromatic rings. The second-order valence-corrected chi connectivity index (χ2v) is 5.49. The van der Waals surface area contributed by atoms with Crippen molar-refractivity contribution in [2.75, 3.05) is 19.8 Å². The first-order valence-electron chi connectivity index (χ1n) is 7.09. The van der Waals surface area contributed by atoms with Crippen LogP contribution in [0, 0.1) is 5.92 Å². The molecule has 0 saturated carbocycles. The number of fused-ring (bicyclic) bond motifs is 1. The smallest absolute Gasteiger partial charge is 0.255 e. The van der Waals surface area contributed by atoms with Gasteiger partial charge < -0.3 is 20.5 Å². The van der Waals surface area contributed by atoms with Crippen LogP contribution in [0.15, 0.2) is 18.2 Å². The highest BCUT2D eigenvalue weighted by molar-refractivity contribution is 5.97. The molecule has 2 heterocycles. The lowest BCUT2D eigenvalue weighted by Gasteiger charge is -2.23. The lowest BCUT2D eigenvalue weighted by molar-refractivity contribution is 0.0724. The Morgan fingerprint density at radius 3 is 3.00 bits per heavy atom. The Morgan fingerprint density at radius 2 is 2.25 bits per heavy atom. The Morgan fingerprint density at radius 1 is 1.40 bits per heavy atom. The van der Waals surface area contributed by atoms with Crippen molar-refractivity contribution >= 4 is 5.91 Å². The topological polar surface area (TPSA) is 73.6 Å². The van der Waals surface area contributed by atoms with E-state index in [0.717, 1.165) is 18.6 Å². The van der Waals surface area contributed by atoms with E-state index in [1.807, 2.05) is 18.2 Å². The Labute approximate surface area is 118 Å². The van der Waals surface area contributed by atoms with E-state index in [2.05, 4.69) is 12.2 Å². The van der Waals surface area contributed by atoms with E-state index in [4.69, 9.17) is 15.2 Å². The number of hydrogen-bond acceptors (Lipinski definition) is 4. The minimum atomic E-state index is -0.214. The van der Waals surface area contributed by atoms with E-state index >= 15 is 0 Å². The van der Waals surface area contributed by atoms with Crippen molar-refractivity contribution in [3.8, 4) is 5.75 Å². The summed E-state index contributed by atoms with van der Waals surface area (Å²) in [6.45, 7) is 3.93. The van der Waals surface area contributed by atoms with Gasteiger partial charge in [-0.25, -0.2) is 0 Å². The van der Waals surface area contributed by atoms with Crippen molar-refractivity contribution in [2.24, 2.45) is 11.7 Å². The lowest BCUT2D eigenvalue weighted by atomic mass is 9.92. The SMILES string of the molecule is CC1CCOC1C(N)c1ccc2c(c1)C(=O)NCCO2. The molecule has 0 aliphatic carbocycles. The zero-order chi connectivity index (χ0) is 14.1. The Kier molecular flexibility index (Phi) is 3.63. The first-order valence-corrected chi connectivity index (χ1v) is 7.09. The number of amides is 1. The van der Waals surface area contributed by atoms with Crippen LogP contribution in [0.5, 0.6) is 5.75 Å². The van der Waals surface area contributed by atoms with Crippen molar-refractivity contribution in [1.29, 1.82) is 0 Å². The van der Waals surface area contributed by atoms with Crippen LogP contribution in [0.4, 0.5) is 0 Å². The summed E-state index contributed by atoms with van der Waals surface area (Å²) >= 11 is 0. The molecule has 3 N–H and O–H groups in total. The maximum Gasteiger partial charge on any atom is 0.255 e. The number of rotatable bonds is 2. The highest BCUT2D eigenvalue weighted by Crippen LogP contribution is 2.32. The van der Waals surface area contributed by atoms with Crippen LogP contribution < -0.4 is 15.8 Å². The fourth-order valence-corrected chi connectivity index (χ4v) is 2.84. The van der Waals surface area contributed by atoms with E-state index < -0.39 is 0 Å². The maximum absolute atomic E-state index is 12.0. The van der Waals surface area contributed by atoms with Crippen molar-refractivity contribution in [3.63, 3.8) is 0 Å². The Balaban J connectivity index is 1.89. The normalized spacial score (nSPS) is 27.2. The molecular formula is C15H20N2O3. The zero-order valence-electron chi connectivity index (χ0n) is 11.6. The van der Waals surface area contributed by atoms with Gasteiger partial charge in [-0.3, -0.25) is 4.79 Å².